The van der Waals surface area contributed by atoms with E-state index >= 15 is 0 Å². The largest absolute Gasteiger partial charge is 0.503 e. The number of rotatable bonds is 6. The third kappa shape index (κ3) is 5.16. The Labute approximate surface area is 171 Å². The monoisotopic (exact) mass is 399 g/mol. The fourth-order valence-corrected chi connectivity index (χ4v) is 4.03. The molecule has 156 valence electrons. The van der Waals surface area contributed by atoms with E-state index < -0.39 is 17.6 Å². The van der Waals surface area contributed by atoms with E-state index in [0.29, 0.717) is 5.92 Å². The molecule has 0 saturated heterocycles. The first kappa shape index (κ1) is 20.9. The van der Waals surface area contributed by atoms with E-state index in [0.717, 1.165) is 25.7 Å². The van der Waals surface area contributed by atoms with E-state index in [1.807, 2.05) is 32.0 Å². The summed E-state index contributed by atoms with van der Waals surface area (Å²) in [6.45, 7) is 3.41. The third-order valence-electron chi connectivity index (χ3n) is 5.52. The Morgan fingerprint density at radius 2 is 1.79 bits per heavy atom. The summed E-state index contributed by atoms with van der Waals surface area (Å²) in [5.41, 5.74) is 1.37. The van der Waals surface area contributed by atoms with Crippen molar-refractivity contribution in [2.45, 2.75) is 57.5 Å². The van der Waals surface area contributed by atoms with Gasteiger partial charge in [-0.3, -0.25) is 14.4 Å². The Morgan fingerprint density at radius 3 is 2.41 bits per heavy atom. The van der Waals surface area contributed by atoms with Crippen LogP contribution in [0.2, 0.25) is 0 Å². The van der Waals surface area contributed by atoms with Gasteiger partial charge in [0.2, 0.25) is 5.91 Å². The third-order valence-corrected chi connectivity index (χ3v) is 5.52. The number of carbonyl (C=O) groups excluding carboxylic acids is 3. The molecule has 29 heavy (non-hydrogen) atoms. The number of amides is 3. The van der Waals surface area contributed by atoms with Gasteiger partial charge in [0.25, 0.3) is 11.8 Å². The summed E-state index contributed by atoms with van der Waals surface area (Å²) >= 11 is 0. The zero-order valence-electron chi connectivity index (χ0n) is 17.0. The van der Waals surface area contributed by atoms with Crippen molar-refractivity contribution in [2.24, 2.45) is 0 Å². The summed E-state index contributed by atoms with van der Waals surface area (Å²) in [5, 5.41) is 15.8. The Morgan fingerprint density at radius 1 is 1.14 bits per heavy atom. The van der Waals surface area contributed by atoms with Crippen molar-refractivity contribution >= 4 is 17.7 Å². The minimum absolute atomic E-state index is 0.0242. The van der Waals surface area contributed by atoms with Gasteiger partial charge >= 0.3 is 0 Å². The smallest absolute Gasteiger partial charge is 0.290 e. The van der Waals surface area contributed by atoms with Gasteiger partial charge in [-0.15, -0.1) is 0 Å². The van der Waals surface area contributed by atoms with Crippen LogP contribution in [0.25, 0.3) is 0 Å². The van der Waals surface area contributed by atoms with Gasteiger partial charge in [0.05, 0.1) is 12.1 Å². The maximum atomic E-state index is 12.6. The maximum Gasteiger partial charge on any atom is 0.290 e. The van der Waals surface area contributed by atoms with E-state index in [1.54, 1.807) is 0 Å². The van der Waals surface area contributed by atoms with Gasteiger partial charge in [-0.25, -0.2) is 0 Å². The molecule has 3 N–H and O–H groups in total. The molecule has 7 nitrogen and oxygen atoms in total. The van der Waals surface area contributed by atoms with E-state index in [4.69, 9.17) is 0 Å². The molecule has 1 aliphatic carbocycles. The summed E-state index contributed by atoms with van der Waals surface area (Å²) < 4.78 is 0. The lowest BCUT2D eigenvalue weighted by atomic mass is 9.82. The number of hydrogen-bond acceptors (Lipinski definition) is 4. The van der Waals surface area contributed by atoms with Gasteiger partial charge in [0, 0.05) is 12.1 Å². The molecule has 0 spiro atoms. The van der Waals surface area contributed by atoms with Gasteiger partial charge in [-0.2, -0.15) is 0 Å². The molecule has 1 aromatic rings. The van der Waals surface area contributed by atoms with Crippen molar-refractivity contribution in [1.29, 1.82) is 0 Å². The number of benzene rings is 1. The van der Waals surface area contributed by atoms with Crippen LogP contribution in [0.5, 0.6) is 0 Å². The molecule has 0 unspecified atom stereocenters. The second kappa shape index (κ2) is 9.11. The number of aliphatic hydroxyl groups is 1. The normalized spacial score (nSPS) is 22.2. The summed E-state index contributed by atoms with van der Waals surface area (Å²) in [5.74, 6) is -1.48. The molecule has 2 aliphatic rings. The lowest BCUT2D eigenvalue weighted by Gasteiger charge is -2.29. The summed E-state index contributed by atoms with van der Waals surface area (Å²) in [6, 6.07) is 10.4. The molecule has 1 fully saturated rings. The Kier molecular flexibility index (Phi) is 6.56. The fraction of sp³-hybridized carbons (Fsp3) is 0.500. The molecule has 1 aliphatic heterocycles. The first-order valence-electron chi connectivity index (χ1n) is 10.2. The van der Waals surface area contributed by atoms with Crippen LogP contribution in [-0.4, -0.2) is 52.9 Å². The predicted octanol–water partition coefficient (Wildman–Crippen LogP) is 2.01. The highest BCUT2D eigenvalue weighted by molar-refractivity contribution is 6.07. The van der Waals surface area contributed by atoms with E-state index in [9.17, 15) is 19.5 Å². The second-order valence-electron chi connectivity index (χ2n) is 8.14. The van der Waals surface area contributed by atoms with Crippen LogP contribution in [0.3, 0.4) is 0 Å². The predicted molar refractivity (Wildman–Crippen MR) is 109 cm³/mol. The van der Waals surface area contributed by atoms with Gasteiger partial charge in [-0.05, 0) is 51.0 Å². The van der Waals surface area contributed by atoms with Crippen LogP contribution >= 0.6 is 0 Å². The molecule has 3 rings (SSSR count). The van der Waals surface area contributed by atoms with E-state index in [1.165, 1.54) is 10.5 Å². The average Bonchev–Trinajstić information content (AvgIpc) is 2.97. The lowest BCUT2D eigenvalue weighted by molar-refractivity contribution is -0.133. The Hall–Kier alpha value is -2.83. The van der Waals surface area contributed by atoms with E-state index in [2.05, 4.69) is 22.8 Å². The highest BCUT2D eigenvalue weighted by atomic mass is 16.3. The first-order valence-corrected chi connectivity index (χ1v) is 10.2. The van der Waals surface area contributed by atoms with Crippen LogP contribution in [0, 0.1) is 0 Å². The number of hydrogen-bond donors (Lipinski definition) is 3. The molecular formula is C22H29N3O4. The lowest BCUT2D eigenvalue weighted by Crippen LogP contribution is -2.42. The van der Waals surface area contributed by atoms with Gasteiger partial charge in [-0.1, -0.05) is 30.3 Å². The molecule has 1 aromatic carbocycles. The van der Waals surface area contributed by atoms with E-state index in [-0.39, 0.29) is 36.7 Å². The zero-order chi connectivity index (χ0) is 21.0. The van der Waals surface area contributed by atoms with Crippen molar-refractivity contribution in [2.75, 3.05) is 13.1 Å². The van der Waals surface area contributed by atoms with Gasteiger partial charge in [0.1, 0.15) is 6.54 Å². The quantitative estimate of drug-likeness (QED) is 0.681. The van der Waals surface area contributed by atoms with Crippen LogP contribution in [-0.2, 0) is 14.4 Å². The van der Waals surface area contributed by atoms with Crippen molar-refractivity contribution < 1.29 is 19.5 Å². The van der Waals surface area contributed by atoms with Crippen molar-refractivity contribution in [1.82, 2.24) is 15.5 Å². The molecule has 0 radical (unpaired) electrons. The van der Waals surface area contributed by atoms with Crippen LogP contribution in [0.4, 0.5) is 0 Å². The van der Waals surface area contributed by atoms with Crippen molar-refractivity contribution in [3.8, 4) is 0 Å². The molecule has 1 heterocycles. The molecule has 1 saturated carbocycles. The molecule has 0 atom stereocenters. The average molecular weight is 399 g/mol. The highest BCUT2D eigenvalue weighted by Crippen LogP contribution is 2.33. The van der Waals surface area contributed by atoms with Crippen molar-refractivity contribution in [3.63, 3.8) is 0 Å². The summed E-state index contributed by atoms with van der Waals surface area (Å²) in [4.78, 5) is 37.9. The molecule has 3 amide bonds. The number of nitrogens with one attached hydrogen (secondary N) is 2. The zero-order valence-corrected chi connectivity index (χ0v) is 17.0. The Bertz CT molecular complexity index is 796. The van der Waals surface area contributed by atoms with Crippen LogP contribution in [0.15, 0.2) is 41.7 Å². The highest BCUT2D eigenvalue weighted by Gasteiger charge is 2.36. The standard InChI is InChI=1S/C22H29N3O4/c1-14(2)23-19(26)13-25-12-18(20(27)22(25)29)21(28)24-17-10-8-16(9-11-17)15-6-4-3-5-7-15/h3-7,14,16-17,27H,8-13H2,1-2H3,(H,23,26)(H,24,28). The summed E-state index contributed by atoms with van der Waals surface area (Å²) in [7, 11) is 0. The Balaban J connectivity index is 1.52. The van der Waals surface area contributed by atoms with Gasteiger partial charge < -0.3 is 20.6 Å². The minimum Gasteiger partial charge on any atom is -0.503 e. The number of nitrogens with zero attached hydrogens (tertiary/aromatic N) is 1. The van der Waals surface area contributed by atoms with Crippen LogP contribution < -0.4 is 10.6 Å². The molecular weight excluding hydrogens is 370 g/mol. The second-order valence-corrected chi connectivity index (χ2v) is 8.14. The van der Waals surface area contributed by atoms with Crippen LogP contribution in [0.1, 0.15) is 51.0 Å². The van der Waals surface area contributed by atoms with Gasteiger partial charge in [0.15, 0.2) is 5.76 Å². The number of aliphatic hydroxyl groups excluding tert-OH is 1. The topological polar surface area (TPSA) is 98.7 Å². The molecule has 0 bridgehead atoms. The fourth-order valence-electron chi connectivity index (χ4n) is 4.03. The SMILES string of the molecule is CC(C)NC(=O)CN1CC(C(=O)NC2CCC(c3ccccc3)CC2)=C(O)C1=O. The minimum atomic E-state index is -0.679. The number of carbonyl (C=O) groups is 3. The molecule has 7 heteroatoms. The summed E-state index contributed by atoms with van der Waals surface area (Å²) in [6.07, 6.45) is 3.68. The maximum absolute atomic E-state index is 12.6. The first-order chi connectivity index (χ1) is 13.8. The van der Waals surface area contributed by atoms with Crippen molar-refractivity contribution in [3.05, 3.63) is 47.2 Å². The molecule has 0 aromatic heterocycles.